The largest absolute Gasteiger partial charge is 0.480 e. The van der Waals surface area contributed by atoms with Crippen molar-refractivity contribution >= 4 is 11.9 Å². The molecule has 1 aliphatic rings. The Labute approximate surface area is 83.7 Å². The van der Waals surface area contributed by atoms with Gasteiger partial charge in [-0.2, -0.15) is 0 Å². The number of nitrogens with one attached hydrogen (secondary N) is 1. The minimum atomic E-state index is -0.946. The van der Waals surface area contributed by atoms with E-state index in [0.29, 0.717) is 6.42 Å². The lowest BCUT2D eigenvalue weighted by Crippen LogP contribution is -2.42. The molecule has 0 radical (unpaired) electrons. The fourth-order valence-electron chi connectivity index (χ4n) is 1.82. The molecule has 0 unspecified atom stereocenters. The summed E-state index contributed by atoms with van der Waals surface area (Å²) in [6.45, 7) is 1.76. The summed E-state index contributed by atoms with van der Waals surface area (Å²) in [4.78, 5) is 22.2. The normalized spacial score (nSPS) is 19.2. The van der Waals surface area contributed by atoms with Crippen molar-refractivity contribution in [1.82, 2.24) is 5.32 Å². The first kappa shape index (κ1) is 11.0. The van der Waals surface area contributed by atoms with Crippen molar-refractivity contribution < 1.29 is 14.7 Å². The number of carbonyl (C=O) groups excluding carboxylic acids is 1. The van der Waals surface area contributed by atoms with E-state index in [2.05, 4.69) is 5.32 Å². The number of rotatable bonds is 4. The summed E-state index contributed by atoms with van der Waals surface area (Å²) < 4.78 is 0. The predicted molar refractivity (Wildman–Crippen MR) is 51.8 cm³/mol. The minimum absolute atomic E-state index is 0.0448. The highest BCUT2D eigenvalue weighted by Crippen LogP contribution is 2.24. The van der Waals surface area contributed by atoms with Crippen molar-refractivity contribution in [1.29, 1.82) is 0 Å². The molecule has 0 bridgehead atoms. The van der Waals surface area contributed by atoms with Crippen molar-refractivity contribution in [2.75, 3.05) is 0 Å². The van der Waals surface area contributed by atoms with Gasteiger partial charge < -0.3 is 10.4 Å². The molecule has 0 aromatic heterocycles. The summed E-state index contributed by atoms with van der Waals surface area (Å²) >= 11 is 0. The maximum atomic E-state index is 11.5. The molecular formula is C10H17NO3. The van der Waals surface area contributed by atoms with Gasteiger partial charge in [-0.05, 0) is 19.3 Å². The standard InChI is InChI=1S/C10H17NO3/c1-2-8(10(13)14)11-9(12)7-5-3-4-6-7/h7-8H,2-6H2,1H3,(H,11,12)(H,13,14)/t8-/m0/s1. The fraction of sp³-hybridized carbons (Fsp3) is 0.800. The van der Waals surface area contributed by atoms with Crippen LogP contribution in [0.15, 0.2) is 0 Å². The second-order valence-electron chi connectivity index (χ2n) is 3.79. The van der Waals surface area contributed by atoms with Crippen LogP contribution in [0.2, 0.25) is 0 Å². The number of hydrogen-bond acceptors (Lipinski definition) is 2. The Balaban J connectivity index is 2.41. The SMILES string of the molecule is CC[C@H](NC(=O)C1CCCC1)C(=O)O. The molecule has 2 N–H and O–H groups in total. The second kappa shape index (κ2) is 4.98. The van der Waals surface area contributed by atoms with Gasteiger partial charge >= 0.3 is 5.97 Å². The van der Waals surface area contributed by atoms with Crippen LogP contribution in [-0.4, -0.2) is 23.0 Å². The van der Waals surface area contributed by atoms with Gasteiger partial charge in [-0.3, -0.25) is 4.79 Å². The second-order valence-corrected chi connectivity index (χ2v) is 3.79. The van der Waals surface area contributed by atoms with E-state index >= 15 is 0 Å². The van der Waals surface area contributed by atoms with Gasteiger partial charge in [0.25, 0.3) is 0 Å². The maximum Gasteiger partial charge on any atom is 0.326 e. The molecule has 0 aliphatic heterocycles. The Bertz CT molecular complexity index is 221. The van der Waals surface area contributed by atoms with Gasteiger partial charge in [-0.1, -0.05) is 19.8 Å². The third-order valence-corrected chi connectivity index (χ3v) is 2.75. The van der Waals surface area contributed by atoms with Gasteiger partial charge in [0.05, 0.1) is 0 Å². The molecule has 0 aromatic rings. The average molecular weight is 199 g/mol. The number of carbonyl (C=O) groups is 2. The molecule has 0 aromatic carbocycles. The van der Waals surface area contributed by atoms with Crippen LogP contribution in [-0.2, 0) is 9.59 Å². The summed E-state index contributed by atoms with van der Waals surface area (Å²) in [6.07, 6.45) is 4.42. The zero-order valence-electron chi connectivity index (χ0n) is 8.45. The van der Waals surface area contributed by atoms with E-state index in [1.54, 1.807) is 6.92 Å². The van der Waals surface area contributed by atoms with Gasteiger partial charge in [-0.25, -0.2) is 4.79 Å². The highest BCUT2D eigenvalue weighted by atomic mass is 16.4. The zero-order valence-corrected chi connectivity index (χ0v) is 8.45. The minimum Gasteiger partial charge on any atom is -0.480 e. The van der Waals surface area contributed by atoms with Crippen LogP contribution < -0.4 is 5.32 Å². The molecule has 14 heavy (non-hydrogen) atoms. The average Bonchev–Trinajstić information content (AvgIpc) is 2.65. The molecule has 1 rings (SSSR count). The molecule has 1 saturated carbocycles. The van der Waals surface area contributed by atoms with E-state index in [1.807, 2.05) is 0 Å². The number of aliphatic carboxylic acids is 1. The molecule has 0 spiro atoms. The van der Waals surface area contributed by atoms with Gasteiger partial charge in [0.15, 0.2) is 0 Å². The van der Waals surface area contributed by atoms with Gasteiger partial charge in [0.1, 0.15) is 6.04 Å². The Morgan fingerprint density at radius 3 is 2.43 bits per heavy atom. The van der Waals surface area contributed by atoms with E-state index in [-0.39, 0.29) is 11.8 Å². The van der Waals surface area contributed by atoms with Crippen molar-refractivity contribution in [3.8, 4) is 0 Å². The summed E-state index contributed by atoms with van der Waals surface area (Å²) in [5.41, 5.74) is 0. The molecule has 1 amide bonds. The highest BCUT2D eigenvalue weighted by Gasteiger charge is 2.26. The first-order valence-electron chi connectivity index (χ1n) is 5.18. The number of carboxylic acid groups (broad SMARTS) is 1. The van der Waals surface area contributed by atoms with Crippen LogP contribution in [0, 0.1) is 5.92 Å². The Hall–Kier alpha value is -1.06. The Morgan fingerprint density at radius 2 is 2.00 bits per heavy atom. The summed E-state index contributed by atoms with van der Waals surface area (Å²) in [7, 11) is 0. The predicted octanol–water partition coefficient (Wildman–Crippen LogP) is 1.16. The van der Waals surface area contributed by atoms with Crippen molar-refractivity contribution in [3.63, 3.8) is 0 Å². The quantitative estimate of drug-likeness (QED) is 0.714. The third-order valence-electron chi connectivity index (χ3n) is 2.75. The lowest BCUT2D eigenvalue weighted by Gasteiger charge is -2.15. The van der Waals surface area contributed by atoms with Crippen LogP contribution in [0.5, 0.6) is 0 Å². The molecular weight excluding hydrogens is 182 g/mol. The van der Waals surface area contributed by atoms with Gasteiger partial charge in [0.2, 0.25) is 5.91 Å². The van der Waals surface area contributed by atoms with E-state index < -0.39 is 12.0 Å². The first-order chi connectivity index (χ1) is 6.65. The van der Waals surface area contributed by atoms with Crippen LogP contribution in [0.25, 0.3) is 0 Å². The van der Waals surface area contributed by atoms with E-state index in [9.17, 15) is 9.59 Å². The van der Waals surface area contributed by atoms with Crippen LogP contribution >= 0.6 is 0 Å². The van der Waals surface area contributed by atoms with E-state index in [4.69, 9.17) is 5.11 Å². The Kier molecular flexibility index (Phi) is 3.92. The zero-order chi connectivity index (χ0) is 10.6. The highest BCUT2D eigenvalue weighted by molar-refractivity contribution is 5.85. The number of carboxylic acids is 1. The molecule has 80 valence electrons. The van der Waals surface area contributed by atoms with Crippen LogP contribution in [0.3, 0.4) is 0 Å². The lowest BCUT2D eigenvalue weighted by molar-refractivity contribution is -0.142. The fourth-order valence-corrected chi connectivity index (χ4v) is 1.82. The van der Waals surface area contributed by atoms with Gasteiger partial charge in [-0.15, -0.1) is 0 Å². The van der Waals surface area contributed by atoms with E-state index in [1.165, 1.54) is 0 Å². The molecule has 0 saturated heterocycles. The molecule has 0 heterocycles. The molecule has 1 fully saturated rings. The lowest BCUT2D eigenvalue weighted by atomic mass is 10.1. The van der Waals surface area contributed by atoms with Crippen molar-refractivity contribution in [3.05, 3.63) is 0 Å². The van der Waals surface area contributed by atoms with Gasteiger partial charge in [0, 0.05) is 5.92 Å². The maximum absolute atomic E-state index is 11.5. The summed E-state index contributed by atoms with van der Waals surface area (Å²) in [5, 5.41) is 11.3. The van der Waals surface area contributed by atoms with Crippen LogP contribution in [0.4, 0.5) is 0 Å². The molecule has 4 heteroatoms. The van der Waals surface area contributed by atoms with Crippen molar-refractivity contribution in [2.45, 2.75) is 45.1 Å². The number of amides is 1. The van der Waals surface area contributed by atoms with Crippen LogP contribution in [0.1, 0.15) is 39.0 Å². The monoisotopic (exact) mass is 199 g/mol. The number of hydrogen-bond donors (Lipinski definition) is 2. The summed E-state index contributed by atoms with van der Waals surface area (Å²) in [6, 6.07) is -0.719. The molecule has 4 nitrogen and oxygen atoms in total. The Morgan fingerprint density at radius 1 is 1.43 bits per heavy atom. The van der Waals surface area contributed by atoms with E-state index in [0.717, 1.165) is 25.7 Å². The topological polar surface area (TPSA) is 66.4 Å². The van der Waals surface area contributed by atoms with Crippen molar-refractivity contribution in [2.24, 2.45) is 5.92 Å². The molecule has 1 aliphatic carbocycles. The summed E-state index contributed by atoms with van der Waals surface area (Å²) in [5.74, 6) is -0.987. The first-order valence-corrected chi connectivity index (χ1v) is 5.18. The third kappa shape index (κ3) is 2.72. The smallest absolute Gasteiger partial charge is 0.326 e. The molecule has 1 atom stereocenters.